The minimum atomic E-state index is 0.341. The van der Waals surface area contributed by atoms with Crippen molar-refractivity contribution in [3.05, 3.63) is 35.7 Å². The molecule has 0 N–H and O–H groups in total. The van der Waals surface area contributed by atoms with Crippen molar-refractivity contribution in [1.82, 2.24) is 4.90 Å². The van der Waals surface area contributed by atoms with Crippen LogP contribution in [0.2, 0.25) is 0 Å². The maximum absolute atomic E-state index is 4.99. The van der Waals surface area contributed by atoms with Crippen LogP contribution < -0.4 is 0 Å². The lowest BCUT2D eigenvalue weighted by Crippen LogP contribution is -2.50. The Bertz CT molecular complexity index is 346. The highest BCUT2D eigenvalue weighted by atomic mass is 32.1. The molecule has 2 heterocycles. The average molecular weight is 223 g/mol. The van der Waals surface area contributed by atoms with Crippen LogP contribution in [0.25, 0.3) is 0 Å². The normalized spacial score (nSPS) is 30.1. The third-order valence-corrected chi connectivity index (χ3v) is 3.83. The minimum Gasteiger partial charge on any atom is -0.381 e. The van der Waals surface area contributed by atoms with E-state index in [0.717, 1.165) is 12.1 Å². The molecule has 0 aromatic heterocycles. The van der Waals surface area contributed by atoms with Gasteiger partial charge in [0.05, 0.1) is 17.9 Å². The monoisotopic (exact) mass is 223 g/mol. The fourth-order valence-electron chi connectivity index (χ4n) is 2.31. The molecule has 0 radical (unpaired) electrons. The maximum Gasteiger partial charge on any atom is 0.0646 e. The summed E-state index contributed by atoms with van der Waals surface area (Å²) in [6.07, 6.45) is 5.30. The Morgan fingerprint density at radius 3 is 3.00 bits per heavy atom. The molecule has 2 nitrogen and oxygen atoms in total. The predicted molar refractivity (Wildman–Crippen MR) is 65.9 cm³/mol. The number of rotatable bonds is 3. The Labute approximate surface area is 96.7 Å². The van der Waals surface area contributed by atoms with Crippen molar-refractivity contribution in [3.63, 3.8) is 0 Å². The van der Waals surface area contributed by atoms with Gasteiger partial charge in [-0.3, -0.25) is 0 Å². The van der Waals surface area contributed by atoms with Crippen molar-refractivity contribution in [1.29, 1.82) is 0 Å². The van der Waals surface area contributed by atoms with Gasteiger partial charge in [-0.25, -0.2) is 0 Å². The van der Waals surface area contributed by atoms with Crippen LogP contribution >= 0.6 is 12.6 Å². The predicted octanol–water partition coefficient (Wildman–Crippen LogP) is 2.36. The molecule has 1 saturated heterocycles. The zero-order chi connectivity index (χ0) is 11.0. The lowest BCUT2D eigenvalue weighted by atomic mass is 9.97. The van der Waals surface area contributed by atoms with Gasteiger partial charge in [-0.1, -0.05) is 18.7 Å². The van der Waals surface area contributed by atoms with Crippen molar-refractivity contribution in [2.75, 3.05) is 13.7 Å². The Morgan fingerprint density at radius 1 is 1.67 bits per heavy atom. The fourth-order valence-corrected chi connectivity index (χ4v) is 2.67. The minimum absolute atomic E-state index is 0.341. The van der Waals surface area contributed by atoms with Crippen LogP contribution in [0.5, 0.6) is 0 Å². The van der Waals surface area contributed by atoms with Gasteiger partial charge in [-0.15, -0.1) is 0 Å². The summed E-state index contributed by atoms with van der Waals surface area (Å²) in [6.45, 7) is 6.86. The molecule has 0 bridgehead atoms. The Balaban J connectivity index is 2.08. The van der Waals surface area contributed by atoms with Crippen LogP contribution in [0.15, 0.2) is 35.7 Å². The number of hydrogen-bond acceptors (Lipinski definition) is 3. The van der Waals surface area contributed by atoms with Crippen molar-refractivity contribution in [3.8, 4) is 0 Å². The maximum atomic E-state index is 4.99. The molecule has 0 amide bonds. The smallest absolute Gasteiger partial charge is 0.0646 e. The van der Waals surface area contributed by atoms with E-state index in [4.69, 9.17) is 4.74 Å². The summed E-state index contributed by atoms with van der Waals surface area (Å²) in [7, 11) is 1.71. The van der Waals surface area contributed by atoms with E-state index >= 15 is 0 Å². The van der Waals surface area contributed by atoms with Gasteiger partial charge in [0, 0.05) is 18.5 Å². The van der Waals surface area contributed by atoms with Gasteiger partial charge in [-0.2, -0.15) is 12.6 Å². The third-order valence-electron chi connectivity index (χ3n) is 3.18. The van der Waals surface area contributed by atoms with Gasteiger partial charge in [0.1, 0.15) is 0 Å². The number of allylic oxidation sites excluding steroid dienone is 2. The first-order valence-corrected chi connectivity index (χ1v) is 5.69. The van der Waals surface area contributed by atoms with Crippen LogP contribution in [0, 0.1) is 0 Å². The quantitative estimate of drug-likeness (QED) is 0.737. The van der Waals surface area contributed by atoms with Crippen LogP contribution in [-0.4, -0.2) is 29.9 Å². The SMILES string of the molecule is C=C1C(S)C2CC(/C=C/COC)=C(C)N12. The average Bonchev–Trinajstić information content (AvgIpc) is 2.53. The summed E-state index contributed by atoms with van der Waals surface area (Å²) >= 11 is 4.53. The first-order valence-electron chi connectivity index (χ1n) is 5.18. The van der Waals surface area contributed by atoms with Crippen LogP contribution in [0.1, 0.15) is 13.3 Å². The number of hydrogen-bond donors (Lipinski definition) is 1. The molecule has 82 valence electrons. The molecule has 2 unspecified atom stereocenters. The standard InChI is InChI=1S/C12H17NOS/c1-8-10(5-4-6-14-3)7-11-12(15)9(2)13(8)11/h4-5,11-12,15H,2,6-7H2,1,3H3/b5-4+. The second kappa shape index (κ2) is 4.06. The van der Waals surface area contributed by atoms with Crippen molar-refractivity contribution >= 4 is 12.6 Å². The summed E-state index contributed by atoms with van der Waals surface area (Å²) in [6, 6.07) is 0.531. The molecule has 3 heteroatoms. The van der Waals surface area contributed by atoms with E-state index in [1.165, 1.54) is 11.3 Å². The molecule has 2 rings (SSSR count). The zero-order valence-corrected chi connectivity index (χ0v) is 10.1. The summed E-state index contributed by atoms with van der Waals surface area (Å²) in [5, 5.41) is 0.341. The van der Waals surface area contributed by atoms with Crippen molar-refractivity contribution in [2.24, 2.45) is 0 Å². The summed E-state index contributed by atoms with van der Waals surface area (Å²) in [4.78, 5) is 2.30. The van der Waals surface area contributed by atoms with E-state index in [2.05, 4.69) is 43.2 Å². The molecule has 0 aromatic carbocycles. The largest absolute Gasteiger partial charge is 0.381 e. The highest BCUT2D eigenvalue weighted by molar-refractivity contribution is 7.81. The van der Waals surface area contributed by atoms with E-state index in [1.807, 2.05) is 0 Å². The first-order chi connectivity index (χ1) is 7.16. The molecule has 1 fully saturated rings. The highest BCUT2D eigenvalue weighted by Crippen LogP contribution is 2.45. The van der Waals surface area contributed by atoms with Crippen molar-refractivity contribution < 1.29 is 4.74 Å². The van der Waals surface area contributed by atoms with E-state index in [-0.39, 0.29) is 0 Å². The number of nitrogens with zero attached hydrogens (tertiary/aromatic N) is 1. The molecule has 2 atom stereocenters. The van der Waals surface area contributed by atoms with Crippen LogP contribution in [0.4, 0.5) is 0 Å². The first kappa shape index (κ1) is 10.8. The molecule has 0 saturated carbocycles. The van der Waals surface area contributed by atoms with E-state index < -0.39 is 0 Å². The summed E-state index contributed by atoms with van der Waals surface area (Å²) < 4.78 is 4.99. The Hall–Kier alpha value is -0.670. The van der Waals surface area contributed by atoms with Gasteiger partial charge in [0.25, 0.3) is 0 Å². The van der Waals surface area contributed by atoms with E-state index in [0.29, 0.717) is 17.9 Å². The van der Waals surface area contributed by atoms with Crippen LogP contribution in [0.3, 0.4) is 0 Å². The second-order valence-electron chi connectivity index (χ2n) is 4.05. The Morgan fingerprint density at radius 2 is 2.40 bits per heavy atom. The van der Waals surface area contributed by atoms with Gasteiger partial charge in [0.2, 0.25) is 0 Å². The molecule has 2 aliphatic heterocycles. The molecule has 0 spiro atoms. The van der Waals surface area contributed by atoms with Crippen LogP contribution in [-0.2, 0) is 4.74 Å². The molecule has 15 heavy (non-hydrogen) atoms. The third kappa shape index (κ3) is 1.64. The number of ether oxygens (including phenoxy) is 1. The second-order valence-corrected chi connectivity index (χ2v) is 4.60. The highest BCUT2D eigenvalue weighted by Gasteiger charge is 2.45. The van der Waals surface area contributed by atoms with Gasteiger partial charge in [-0.05, 0) is 18.9 Å². The molecule has 2 aliphatic rings. The zero-order valence-electron chi connectivity index (χ0n) is 9.23. The molecule has 0 aliphatic carbocycles. The fraction of sp³-hybridized carbons (Fsp3) is 0.500. The number of methoxy groups -OCH3 is 1. The van der Waals surface area contributed by atoms with Gasteiger partial charge >= 0.3 is 0 Å². The lowest BCUT2D eigenvalue weighted by Gasteiger charge is -2.46. The van der Waals surface area contributed by atoms with Gasteiger partial charge in [0.15, 0.2) is 0 Å². The molecular formula is C12H17NOS. The Kier molecular flexibility index (Phi) is 2.94. The molecule has 0 aromatic rings. The van der Waals surface area contributed by atoms with E-state index in [1.54, 1.807) is 7.11 Å². The number of fused-ring (bicyclic) bond motifs is 1. The van der Waals surface area contributed by atoms with E-state index in [9.17, 15) is 0 Å². The lowest BCUT2D eigenvalue weighted by molar-refractivity contribution is 0.234. The summed E-state index contributed by atoms with van der Waals surface area (Å²) in [5.41, 5.74) is 3.84. The molecular weight excluding hydrogens is 206 g/mol. The van der Waals surface area contributed by atoms with Crippen molar-refractivity contribution in [2.45, 2.75) is 24.6 Å². The number of thiol groups is 1. The topological polar surface area (TPSA) is 12.5 Å². The summed E-state index contributed by atoms with van der Waals surface area (Å²) in [5.74, 6) is 0. The van der Waals surface area contributed by atoms with Gasteiger partial charge < -0.3 is 9.64 Å².